The summed E-state index contributed by atoms with van der Waals surface area (Å²) in [5.41, 5.74) is 0.248. The lowest BCUT2D eigenvalue weighted by Crippen LogP contribution is -2.29. The molecule has 9 heteroatoms. The molecule has 2 aliphatic heterocycles. The van der Waals surface area contributed by atoms with Crippen LogP contribution >= 0.6 is 11.6 Å². The lowest BCUT2D eigenvalue weighted by Gasteiger charge is -2.19. The molecule has 0 atom stereocenters. The minimum absolute atomic E-state index is 0.0898. The highest BCUT2D eigenvalue weighted by Gasteiger charge is 2.38. The van der Waals surface area contributed by atoms with Crippen LogP contribution in [0.4, 0.5) is 5.69 Å². The second-order valence-electron chi connectivity index (χ2n) is 6.30. The Labute approximate surface area is 157 Å². The van der Waals surface area contributed by atoms with Crippen molar-refractivity contribution >= 4 is 33.2 Å². The number of halogens is 1. The van der Waals surface area contributed by atoms with E-state index in [0.717, 1.165) is 0 Å². The molecule has 1 aromatic carbocycles. The molecule has 0 aliphatic carbocycles. The molecule has 3 rings (SSSR count). The third kappa shape index (κ3) is 4.00. The first-order chi connectivity index (χ1) is 12.4. The van der Waals surface area contributed by atoms with Crippen molar-refractivity contribution < 1.29 is 13.2 Å². The van der Waals surface area contributed by atoms with Crippen molar-refractivity contribution in [2.45, 2.75) is 31.3 Å². The van der Waals surface area contributed by atoms with Gasteiger partial charge in [-0.15, -0.1) is 12.3 Å². The molecule has 1 aromatic rings. The molecule has 2 heterocycles. The van der Waals surface area contributed by atoms with Crippen LogP contribution < -0.4 is 9.62 Å². The lowest BCUT2D eigenvalue weighted by atomic mass is 10.0. The summed E-state index contributed by atoms with van der Waals surface area (Å²) >= 11 is 6.15. The van der Waals surface area contributed by atoms with Crippen LogP contribution in [0.15, 0.2) is 28.4 Å². The van der Waals surface area contributed by atoms with Gasteiger partial charge in [-0.25, -0.2) is 8.42 Å². The van der Waals surface area contributed by atoms with Gasteiger partial charge in [0.05, 0.1) is 16.5 Å². The summed E-state index contributed by atoms with van der Waals surface area (Å²) < 4.78 is 25.5. The fraction of sp³-hybridized carbons (Fsp3) is 0.471. The number of sulfonamides is 1. The lowest BCUT2D eigenvalue weighted by molar-refractivity contribution is 0.0952. The minimum Gasteiger partial charge on any atom is -0.352 e. The van der Waals surface area contributed by atoms with Crippen LogP contribution in [-0.4, -0.2) is 38.8 Å². The summed E-state index contributed by atoms with van der Waals surface area (Å²) in [6.45, 7) is 0.768. The minimum atomic E-state index is -3.37. The smallest absolute Gasteiger partial charge is 0.251 e. The first-order valence-corrected chi connectivity index (χ1v) is 10.3. The summed E-state index contributed by atoms with van der Waals surface area (Å²) in [5, 5.41) is 11.2. The largest absolute Gasteiger partial charge is 0.352 e. The molecule has 7 nitrogen and oxygen atoms in total. The van der Waals surface area contributed by atoms with Crippen LogP contribution in [0.2, 0.25) is 5.02 Å². The van der Waals surface area contributed by atoms with E-state index in [1.165, 1.54) is 10.4 Å². The number of anilines is 1. The SMILES string of the molecule is C#CCCC1(CCNC(=O)c2ccc(Cl)c(N3CCCS3(=O)=O)c2)N=N1. The van der Waals surface area contributed by atoms with Gasteiger partial charge in [0, 0.05) is 37.9 Å². The summed E-state index contributed by atoms with van der Waals surface area (Å²) in [6, 6.07) is 4.63. The molecule has 26 heavy (non-hydrogen) atoms. The Hall–Kier alpha value is -2.11. The van der Waals surface area contributed by atoms with E-state index in [1.807, 2.05) is 0 Å². The van der Waals surface area contributed by atoms with Crippen LogP contribution in [-0.2, 0) is 10.0 Å². The average molecular weight is 395 g/mol. The molecule has 0 spiro atoms. The monoisotopic (exact) mass is 394 g/mol. The van der Waals surface area contributed by atoms with Crippen LogP contribution in [0, 0.1) is 12.3 Å². The van der Waals surface area contributed by atoms with Gasteiger partial charge in [-0.05, 0) is 24.6 Å². The number of hydrogen-bond donors (Lipinski definition) is 1. The standard InChI is InChI=1S/C17H19ClN4O3S/c1-2-3-7-17(20-21-17)8-9-19-16(23)13-5-6-14(18)15(12-13)22-10-4-11-26(22,24)25/h1,5-6,12H,3-4,7-11H2,(H,19,23). The molecule has 0 radical (unpaired) electrons. The predicted octanol–water partition coefficient (Wildman–Crippen LogP) is 2.58. The van der Waals surface area contributed by atoms with Gasteiger partial charge in [-0.1, -0.05) is 11.6 Å². The van der Waals surface area contributed by atoms with Gasteiger partial charge in [-0.2, -0.15) is 10.2 Å². The molecular weight excluding hydrogens is 376 g/mol. The fourth-order valence-electron chi connectivity index (χ4n) is 2.90. The van der Waals surface area contributed by atoms with Gasteiger partial charge < -0.3 is 5.32 Å². The van der Waals surface area contributed by atoms with Crippen LogP contribution in [0.1, 0.15) is 36.0 Å². The number of terminal acetylenes is 1. The average Bonchev–Trinajstić information content (AvgIpc) is 3.28. The predicted molar refractivity (Wildman–Crippen MR) is 99.8 cm³/mol. The van der Waals surface area contributed by atoms with Crippen molar-refractivity contribution in [2.75, 3.05) is 23.1 Å². The third-order valence-corrected chi connectivity index (χ3v) is 6.61. The number of carbonyl (C=O) groups excluding carboxylic acids is 1. The van der Waals surface area contributed by atoms with Gasteiger partial charge in [-0.3, -0.25) is 9.10 Å². The van der Waals surface area contributed by atoms with Crippen LogP contribution in [0.25, 0.3) is 0 Å². The molecule has 1 fully saturated rings. The molecule has 0 aromatic heterocycles. The molecule has 1 amide bonds. The van der Waals surface area contributed by atoms with E-state index in [0.29, 0.717) is 55.0 Å². The van der Waals surface area contributed by atoms with Crippen molar-refractivity contribution in [2.24, 2.45) is 10.2 Å². The second-order valence-corrected chi connectivity index (χ2v) is 8.72. The van der Waals surface area contributed by atoms with Gasteiger partial charge in [0.2, 0.25) is 10.0 Å². The zero-order valence-corrected chi connectivity index (χ0v) is 15.7. The second kappa shape index (κ2) is 7.25. The maximum Gasteiger partial charge on any atom is 0.251 e. The van der Waals surface area contributed by atoms with Gasteiger partial charge in [0.25, 0.3) is 5.91 Å². The van der Waals surface area contributed by atoms with E-state index in [1.54, 1.807) is 12.1 Å². The Balaban J connectivity index is 1.63. The van der Waals surface area contributed by atoms with Gasteiger partial charge in [0.1, 0.15) is 0 Å². The zero-order valence-electron chi connectivity index (χ0n) is 14.1. The normalized spacial score (nSPS) is 19.2. The summed E-state index contributed by atoms with van der Waals surface area (Å²) in [7, 11) is -3.37. The number of amides is 1. The molecule has 138 valence electrons. The Morgan fingerprint density at radius 3 is 2.77 bits per heavy atom. The van der Waals surface area contributed by atoms with E-state index >= 15 is 0 Å². The Bertz CT molecular complexity index is 886. The zero-order chi connectivity index (χ0) is 18.8. The van der Waals surface area contributed by atoms with E-state index in [9.17, 15) is 13.2 Å². The first-order valence-electron chi connectivity index (χ1n) is 8.33. The molecule has 2 aliphatic rings. The van der Waals surface area contributed by atoms with Gasteiger partial charge in [0.15, 0.2) is 5.66 Å². The van der Waals surface area contributed by atoms with Crippen molar-refractivity contribution in [1.29, 1.82) is 0 Å². The third-order valence-electron chi connectivity index (χ3n) is 4.44. The number of carbonyl (C=O) groups is 1. The highest BCUT2D eigenvalue weighted by atomic mass is 35.5. The van der Waals surface area contributed by atoms with E-state index < -0.39 is 15.7 Å². The molecule has 1 N–H and O–H groups in total. The molecular formula is C17H19ClN4O3S. The Morgan fingerprint density at radius 1 is 1.38 bits per heavy atom. The molecule has 0 bridgehead atoms. The molecule has 0 saturated carbocycles. The maximum atomic E-state index is 12.4. The Kier molecular flexibility index (Phi) is 5.21. The number of hydrogen-bond acceptors (Lipinski definition) is 5. The highest BCUT2D eigenvalue weighted by molar-refractivity contribution is 7.93. The highest BCUT2D eigenvalue weighted by Crippen LogP contribution is 2.36. The Morgan fingerprint density at radius 2 is 2.15 bits per heavy atom. The summed E-state index contributed by atoms with van der Waals surface area (Å²) in [5.74, 6) is 2.35. The van der Waals surface area contributed by atoms with Crippen molar-refractivity contribution in [3.63, 3.8) is 0 Å². The van der Waals surface area contributed by atoms with E-state index in [4.69, 9.17) is 18.0 Å². The van der Waals surface area contributed by atoms with E-state index in [2.05, 4.69) is 21.5 Å². The van der Waals surface area contributed by atoms with E-state index in [-0.39, 0.29) is 11.7 Å². The fourth-order valence-corrected chi connectivity index (χ4v) is 4.74. The number of rotatable bonds is 7. The van der Waals surface area contributed by atoms with Crippen molar-refractivity contribution in [1.82, 2.24) is 5.32 Å². The van der Waals surface area contributed by atoms with Crippen LogP contribution in [0.5, 0.6) is 0 Å². The summed E-state index contributed by atoms with van der Waals surface area (Å²) in [4.78, 5) is 12.4. The van der Waals surface area contributed by atoms with Crippen LogP contribution in [0.3, 0.4) is 0 Å². The number of benzene rings is 1. The maximum absolute atomic E-state index is 12.4. The number of nitrogens with one attached hydrogen (secondary N) is 1. The first kappa shape index (κ1) is 18.7. The summed E-state index contributed by atoms with van der Waals surface area (Å²) in [6.07, 6.45) is 7.65. The van der Waals surface area contributed by atoms with Crippen molar-refractivity contribution in [3.8, 4) is 12.3 Å². The number of nitrogens with zero attached hydrogens (tertiary/aromatic N) is 3. The topological polar surface area (TPSA) is 91.2 Å². The molecule has 1 saturated heterocycles. The van der Waals surface area contributed by atoms with Gasteiger partial charge >= 0.3 is 0 Å². The quantitative estimate of drug-likeness (QED) is 0.720. The molecule has 0 unspecified atom stereocenters. The van der Waals surface area contributed by atoms with Crippen molar-refractivity contribution in [3.05, 3.63) is 28.8 Å².